The van der Waals surface area contributed by atoms with Crippen molar-refractivity contribution in [3.05, 3.63) is 23.9 Å². The second-order valence-corrected chi connectivity index (χ2v) is 3.61. The number of amides is 1. The Morgan fingerprint density at radius 1 is 1.42 bits per heavy atom. The molecule has 0 aliphatic heterocycles. The molecule has 0 unspecified atom stereocenters. The normalized spacial score (nSPS) is 11.2. The Morgan fingerprint density at radius 3 is 2.68 bits per heavy atom. The summed E-state index contributed by atoms with van der Waals surface area (Å²) in [5, 5.41) is 5.23. The molecule has 0 radical (unpaired) electrons. The number of halogens is 3. The maximum Gasteiger partial charge on any atom is 0.417 e. The van der Waals surface area contributed by atoms with Crippen LogP contribution in [0.5, 0.6) is 5.88 Å². The van der Waals surface area contributed by atoms with E-state index >= 15 is 0 Å². The van der Waals surface area contributed by atoms with Crippen molar-refractivity contribution >= 4 is 5.91 Å². The number of rotatable bonds is 6. The Morgan fingerprint density at radius 2 is 2.16 bits per heavy atom. The number of likely N-dealkylation sites (N-methyl/N-ethyl adjacent to an activating group) is 1. The van der Waals surface area contributed by atoms with Gasteiger partial charge in [0.15, 0.2) is 0 Å². The van der Waals surface area contributed by atoms with E-state index in [4.69, 9.17) is 4.74 Å². The molecular weight excluding hydrogens is 263 g/mol. The second kappa shape index (κ2) is 6.93. The molecule has 0 fully saturated rings. The first kappa shape index (κ1) is 15.2. The molecule has 5 nitrogen and oxygen atoms in total. The van der Waals surface area contributed by atoms with Crippen molar-refractivity contribution in [2.75, 3.05) is 26.7 Å². The number of carbonyl (C=O) groups excluding carboxylic acids is 1. The lowest BCUT2D eigenvalue weighted by Crippen LogP contribution is -2.34. The fourth-order valence-electron chi connectivity index (χ4n) is 1.20. The summed E-state index contributed by atoms with van der Waals surface area (Å²) in [4.78, 5) is 14.6. The summed E-state index contributed by atoms with van der Waals surface area (Å²) in [6.07, 6.45) is -3.71. The molecule has 0 aliphatic carbocycles. The van der Waals surface area contributed by atoms with Gasteiger partial charge in [-0.05, 0) is 13.1 Å². The first-order chi connectivity index (χ1) is 8.93. The standard InChI is InChI=1S/C11H14F3N3O2/c1-15-7-9(18)16-4-5-19-10-3-2-8(6-17-10)11(12,13)14/h2-3,6,15H,4-5,7H2,1H3,(H,16,18). The Hall–Kier alpha value is -1.83. The van der Waals surface area contributed by atoms with Gasteiger partial charge in [0.05, 0.1) is 18.7 Å². The van der Waals surface area contributed by atoms with Gasteiger partial charge in [-0.25, -0.2) is 4.98 Å². The molecule has 1 rings (SSSR count). The highest BCUT2D eigenvalue weighted by atomic mass is 19.4. The molecule has 19 heavy (non-hydrogen) atoms. The van der Waals surface area contributed by atoms with E-state index in [0.29, 0.717) is 6.20 Å². The van der Waals surface area contributed by atoms with Crippen molar-refractivity contribution in [2.45, 2.75) is 6.18 Å². The topological polar surface area (TPSA) is 63.2 Å². The molecule has 2 N–H and O–H groups in total. The third-order valence-electron chi connectivity index (χ3n) is 2.08. The van der Waals surface area contributed by atoms with E-state index in [1.54, 1.807) is 7.05 Å². The summed E-state index contributed by atoms with van der Waals surface area (Å²) >= 11 is 0. The van der Waals surface area contributed by atoms with Crippen LogP contribution in [-0.2, 0) is 11.0 Å². The molecule has 0 spiro atoms. The fourth-order valence-corrected chi connectivity index (χ4v) is 1.20. The van der Waals surface area contributed by atoms with Gasteiger partial charge in [0.1, 0.15) is 6.61 Å². The third kappa shape index (κ3) is 5.56. The number of hydrogen-bond acceptors (Lipinski definition) is 4. The first-order valence-corrected chi connectivity index (χ1v) is 5.51. The van der Waals surface area contributed by atoms with Gasteiger partial charge >= 0.3 is 6.18 Å². The lowest BCUT2D eigenvalue weighted by molar-refractivity contribution is -0.137. The van der Waals surface area contributed by atoms with Crippen LogP contribution < -0.4 is 15.4 Å². The Balaban J connectivity index is 2.33. The maximum atomic E-state index is 12.3. The summed E-state index contributed by atoms with van der Waals surface area (Å²) in [6.45, 7) is 0.579. The van der Waals surface area contributed by atoms with Crippen LogP contribution in [0.2, 0.25) is 0 Å². The van der Waals surface area contributed by atoms with Crippen LogP contribution in [0.15, 0.2) is 18.3 Å². The molecule has 1 amide bonds. The zero-order chi connectivity index (χ0) is 14.3. The highest BCUT2D eigenvalue weighted by Crippen LogP contribution is 2.29. The molecule has 0 aliphatic rings. The van der Waals surface area contributed by atoms with E-state index < -0.39 is 11.7 Å². The highest BCUT2D eigenvalue weighted by Gasteiger charge is 2.30. The van der Waals surface area contributed by atoms with Gasteiger partial charge in [-0.15, -0.1) is 0 Å². The molecular formula is C11H14F3N3O2. The molecule has 1 aromatic heterocycles. The summed E-state index contributed by atoms with van der Waals surface area (Å²) in [5.41, 5.74) is -0.831. The zero-order valence-corrected chi connectivity index (χ0v) is 10.3. The average molecular weight is 277 g/mol. The minimum absolute atomic E-state index is 0.0795. The highest BCUT2D eigenvalue weighted by molar-refractivity contribution is 5.77. The Labute approximate surface area is 108 Å². The molecule has 8 heteroatoms. The number of carbonyl (C=O) groups is 1. The van der Waals surface area contributed by atoms with E-state index in [2.05, 4.69) is 15.6 Å². The van der Waals surface area contributed by atoms with Crippen LogP contribution in [-0.4, -0.2) is 37.6 Å². The fraction of sp³-hybridized carbons (Fsp3) is 0.455. The third-order valence-corrected chi connectivity index (χ3v) is 2.08. The SMILES string of the molecule is CNCC(=O)NCCOc1ccc(C(F)(F)F)cn1. The molecule has 0 atom stereocenters. The minimum atomic E-state index is -4.41. The van der Waals surface area contributed by atoms with Crippen LogP contribution in [0, 0.1) is 0 Å². The molecule has 0 saturated heterocycles. The number of aromatic nitrogens is 1. The molecule has 0 bridgehead atoms. The summed E-state index contributed by atoms with van der Waals surface area (Å²) < 4.78 is 41.8. The number of hydrogen-bond donors (Lipinski definition) is 2. The van der Waals surface area contributed by atoms with Crippen LogP contribution in [0.4, 0.5) is 13.2 Å². The Bertz CT molecular complexity index is 407. The second-order valence-electron chi connectivity index (χ2n) is 3.61. The van der Waals surface area contributed by atoms with Gasteiger partial charge in [-0.1, -0.05) is 0 Å². The van der Waals surface area contributed by atoms with Crippen molar-refractivity contribution in [1.29, 1.82) is 0 Å². The maximum absolute atomic E-state index is 12.3. The van der Waals surface area contributed by atoms with Crippen molar-refractivity contribution in [1.82, 2.24) is 15.6 Å². The van der Waals surface area contributed by atoms with E-state index in [1.807, 2.05) is 0 Å². The van der Waals surface area contributed by atoms with Gasteiger partial charge in [0.25, 0.3) is 0 Å². The van der Waals surface area contributed by atoms with Crippen molar-refractivity contribution in [2.24, 2.45) is 0 Å². The summed E-state index contributed by atoms with van der Waals surface area (Å²) in [5.74, 6) is -0.109. The molecule has 1 aromatic rings. The monoisotopic (exact) mass is 277 g/mol. The lowest BCUT2D eigenvalue weighted by Gasteiger charge is -2.08. The van der Waals surface area contributed by atoms with Gasteiger partial charge in [-0.3, -0.25) is 4.79 Å². The predicted octanol–water partition coefficient (Wildman–Crippen LogP) is 0.815. The minimum Gasteiger partial charge on any atom is -0.476 e. The van der Waals surface area contributed by atoms with E-state index in [0.717, 1.165) is 12.1 Å². The zero-order valence-electron chi connectivity index (χ0n) is 10.3. The molecule has 1 heterocycles. The van der Waals surface area contributed by atoms with Gasteiger partial charge in [0, 0.05) is 12.3 Å². The molecule has 0 aromatic carbocycles. The average Bonchev–Trinajstić information content (AvgIpc) is 2.34. The number of ether oxygens (including phenoxy) is 1. The van der Waals surface area contributed by atoms with Crippen LogP contribution in [0.1, 0.15) is 5.56 Å². The van der Waals surface area contributed by atoms with Crippen molar-refractivity contribution in [3.8, 4) is 5.88 Å². The van der Waals surface area contributed by atoms with E-state index in [9.17, 15) is 18.0 Å². The van der Waals surface area contributed by atoms with Gasteiger partial charge < -0.3 is 15.4 Å². The number of alkyl halides is 3. The summed E-state index contributed by atoms with van der Waals surface area (Å²) in [6, 6.07) is 2.03. The van der Waals surface area contributed by atoms with Crippen molar-refractivity contribution in [3.63, 3.8) is 0 Å². The van der Waals surface area contributed by atoms with Gasteiger partial charge in [-0.2, -0.15) is 13.2 Å². The molecule has 106 valence electrons. The first-order valence-electron chi connectivity index (χ1n) is 5.51. The lowest BCUT2D eigenvalue weighted by atomic mass is 10.3. The number of nitrogens with zero attached hydrogens (tertiary/aromatic N) is 1. The largest absolute Gasteiger partial charge is 0.476 e. The van der Waals surface area contributed by atoms with E-state index in [-0.39, 0.29) is 31.5 Å². The quantitative estimate of drug-likeness (QED) is 0.756. The van der Waals surface area contributed by atoms with E-state index in [1.165, 1.54) is 0 Å². The Kier molecular flexibility index (Phi) is 5.56. The van der Waals surface area contributed by atoms with Crippen molar-refractivity contribution < 1.29 is 22.7 Å². The van der Waals surface area contributed by atoms with Crippen LogP contribution in [0.25, 0.3) is 0 Å². The van der Waals surface area contributed by atoms with Gasteiger partial charge in [0.2, 0.25) is 11.8 Å². The summed E-state index contributed by atoms with van der Waals surface area (Å²) in [7, 11) is 1.64. The molecule has 0 saturated carbocycles. The van der Waals surface area contributed by atoms with Crippen LogP contribution >= 0.6 is 0 Å². The number of nitrogens with one attached hydrogen (secondary N) is 2. The number of pyridine rings is 1. The van der Waals surface area contributed by atoms with Crippen LogP contribution in [0.3, 0.4) is 0 Å². The predicted molar refractivity (Wildman–Crippen MR) is 61.7 cm³/mol. The smallest absolute Gasteiger partial charge is 0.417 e.